The lowest BCUT2D eigenvalue weighted by Gasteiger charge is -2.07. The van der Waals surface area contributed by atoms with Crippen molar-refractivity contribution in [2.24, 2.45) is 10.8 Å². The molecule has 0 bridgehead atoms. The monoisotopic (exact) mass is 176 g/mol. The molecule has 0 aliphatic carbocycles. The lowest BCUT2D eigenvalue weighted by Crippen LogP contribution is -2.28. The molecule has 0 amide bonds. The Morgan fingerprint density at radius 3 is 2.62 bits per heavy atom. The van der Waals surface area contributed by atoms with E-state index in [4.69, 9.17) is 11.1 Å². The Hall–Kier alpha value is -1.84. The van der Waals surface area contributed by atoms with Gasteiger partial charge >= 0.3 is 0 Å². The number of benzene rings is 1. The van der Waals surface area contributed by atoms with Gasteiger partial charge in [0.15, 0.2) is 0 Å². The highest BCUT2D eigenvalue weighted by Gasteiger charge is 1.92. The number of hydrogen-bond acceptors (Lipinski definition) is 2. The van der Waals surface area contributed by atoms with Crippen molar-refractivity contribution in [1.82, 2.24) is 5.01 Å². The average Bonchev–Trinajstić information content (AvgIpc) is 2.15. The van der Waals surface area contributed by atoms with Gasteiger partial charge in [0, 0.05) is 7.05 Å². The average molecular weight is 176 g/mol. The topological polar surface area (TPSA) is 65.5 Å². The second-order valence-corrected chi connectivity index (χ2v) is 2.56. The Balaban J connectivity index is 2.64. The van der Waals surface area contributed by atoms with Gasteiger partial charge in [-0.05, 0) is 5.56 Å². The summed E-state index contributed by atoms with van der Waals surface area (Å²) in [7, 11) is 1.63. The molecule has 0 unspecified atom stereocenters. The molecule has 1 aromatic rings. The predicted octanol–water partition coefficient (Wildman–Crippen LogP) is 0.846. The fourth-order valence-corrected chi connectivity index (χ4v) is 0.755. The predicted molar refractivity (Wildman–Crippen MR) is 53.7 cm³/mol. The summed E-state index contributed by atoms with van der Waals surface area (Å²) in [4.78, 5) is 0. The summed E-state index contributed by atoms with van der Waals surface area (Å²) in [6.07, 6.45) is 1.65. The molecule has 13 heavy (non-hydrogen) atoms. The van der Waals surface area contributed by atoms with Gasteiger partial charge in [-0.1, -0.05) is 30.3 Å². The summed E-state index contributed by atoms with van der Waals surface area (Å²) in [6, 6.07) is 9.64. The van der Waals surface area contributed by atoms with Crippen LogP contribution in [0.3, 0.4) is 0 Å². The molecule has 0 atom stereocenters. The third-order valence-corrected chi connectivity index (χ3v) is 1.53. The fraction of sp³-hybridized carbons (Fsp3) is 0.111. The molecule has 68 valence electrons. The van der Waals surface area contributed by atoms with E-state index < -0.39 is 0 Å². The summed E-state index contributed by atoms with van der Waals surface area (Å²) in [5.74, 6) is -0.0767. The minimum absolute atomic E-state index is 0.0767. The highest BCUT2D eigenvalue weighted by atomic mass is 15.5. The van der Waals surface area contributed by atoms with E-state index in [1.54, 1.807) is 13.3 Å². The van der Waals surface area contributed by atoms with Crippen LogP contribution in [-0.4, -0.2) is 24.2 Å². The smallest absolute Gasteiger partial charge is 0.208 e. The van der Waals surface area contributed by atoms with E-state index in [-0.39, 0.29) is 5.96 Å². The van der Waals surface area contributed by atoms with Crippen LogP contribution in [0.1, 0.15) is 5.56 Å². The number of hydrogen-bond donors (Lipinski definition) is 2. The maximum Gasteiger partial charge on any atom is 0.208 e. The molecule has 1 aromatic carbocycles. The van der Waals surface area contributed by atoms with Crippen molar-refractivity contribution in [3.8, 4) is 0 Å². The van der Waals surface area contributed by atoms with Crippen LogP contribution in [0.15, 0.2) is 35.4 Å². The van der Waals surface area contributed by atoms with Crippen LogP contribution in [0, 0.1) is 5.41 Å². The molecule has 0 saturated heterocycles. The lowest BCUT2D eigenvalue weighted by atomic mass is 10.2. The van der Waals surface area contributed by atoms with Gasteiger partial charge in [0.05, 0.1) is 6.21 Å². The number of nitrogens with zero attached hydrogens (tertiary/aromatic N) is 2. The molecule has 4 nitrogen and oxygen atoms in total. The SMILES string of the molecule is CN(/N=C/c1ccccc1)C(=N)N. The largest absolute Gasteiger partial charge is 0.369 e. The van der Waals surface area contributed by atoms with Crippen LogP contribution in [0.4, 0.5) is 0 Å². The Morgan fingerprint density at radius 2 is 2.08 bits per heavy atom. The van der Waals surface area contributed by atoms with Gasteiger partial charge in [0.1, 0.15) is 0 Å². The molecule has 0 fully saturated rings. The lowest BCUT2D eigenvalue weighted by molar-refractivity contribution is 0.536. The van der Waals surface area contributed by atoms with Gasteiger partial charge in [0.2, 0.25) is 5.96 Å². The first kappa shape index (κ1) is 9.25. The maximum atomic E-state index is 7.06. The molecule has 3 N–H and O–H groups in total. The van der Waals surface area contributed by atoms with Crippen molar-refractivity contribution in [3.05, 3.63) is 35.9 Å². The molecule has 1 rings (SSSR count). The fourth-order valence-electron chi connectivity index (χ4n) is 0.755. The summed E-state index contributed by atoms with van der Waals surface area (Å²) in [5.41, 5.74) is 6.18. The van der Waals surface area contributed by atoms with E-state index in [1.165, 1.54) is 5.01 Å². The third kappa shape index (κ3) is 2.94. The van der Waals surface area contributed by atoms with Crippen LogP contribution >= 0.6 is 0 Å². The van der Waals surface area contributed by atoms with Crippen molar-refractivity contribution >= 4 is 12.2 Å². The first-order chi connectivity index (χ1) is 6.20. The van der Waals surface area contributed by atoms with E-state index in [2.05, 4.69) is 5.10 Å². The van der Waals surface area contributed by atoms with E-state index in [0.29, 0.717) is 0 Å². The van der Waals surface area contributed by atoms with E-state index in [1.807, 2.05) is 30.3 Å². The van der Waals surface area contributed by atoms with E-state index >= 15 is 0 Å². The van der Waals surface area contributed by atoms with Gasteiger partial charge in [0.25, 0.3) is 0 Å². The first-order valence-electron chi connectivity index (χ1n) is 3.87. The van der Waals surface area contributed by atoms with Gasteiger partial charge in [-0.2, -0.15) is 5.10 Å². The minimum Gasteiger partial charge on any atom is -0.369 e. The summed E-state index contributed by atoms with van der Waals surface area (Å²) in [6.45, 7) is 0. The zero-order valence-corrected chi connectivity index (χ0v) is 7.44. The normalized spacial score (nSPS) is 10.2. The van der Waals surface area contributed by atoms with E-state index in [0.717, 1.165) is 5.56 Å². The van der Waals surface area contributed by atoms with Gasteiger partial charge in [-0.25, -0.2) is 5.01 Å². The maximum absolute atomic E-state index is 7.06. The Kier molecular flexibility index (Phi) is 3.03. The molecule has 0 aliphatic rings. The molecule has 0 saturated carbocycles. The van der Waals surface area contributed by atoms with Crippen molar-refractivity contribution in [2.75, 3.05) is 7.05 Å². The summed E-state index contributed by atoms with van der Waals surface area (Å²) < 4.78 is 0. The van der Waals surface area contributed by atoms with Gasteiger partial charge < -0.3 is 5.73 Å². The number of rotatable bonds is 2. The number of nitrogens with one attached hydrogen (secondary N) is 1. The van der Waals surface area contributed by atoms with Gasteiger partial charge in [-0.3, -0.25) is 5.41 Å². The molecule has 4 heteroatoms. The quantitative estimate of drug-likeness (QED) is 0.398. The molecule has 0 spiro atoms. The second-order valence-electron chi connectivity index (χ2n) is 2.56. The zero-order valence-electron chi connectivity index (χ0n) is 7.44. The van der Waals surface area contributed by atoms with Crippen molar-refractivity contribution in [2.45, 2.75) is 0 Å². The molecule has 0 radical (unpaired) electrons. The minimum atomic E-state index is -0.0767. The summed E-state index contributed by atoms with van der Waals surface area (Å²) in [5, 5.41) is 12.3. The molecular formula is C9H12N4. The van der Waals surface area contributed by atoms with Crippen LogP contribution in [0.2, 0.25) is 0 Å². The first-order valence-corrected chi connectivity index (χ1v) is 3.87. The number of guanidine groups is 1. The van der Waals surface area contributed by atoms with E-state index in [9.17, 15) is 0 Å². The molecule has 0 aromatic heterocycles. The van der Waals surface area contributed by atoms with Crippen molar-refractivity contribution in [3.63, 3.8) is 0 Å². The highest BCUT2D eigenvalue weighted by Crippen LogP contribution is 1.94. The Morgan fingerprint density at radius 1 is 1.46 bits per heavy atom. The Labute approximate surface area is 77.2 Å². The highest BCUT2D eigenvalue weighted by molar-refractivity contribution is 5.81. The molecule has 0 heterocycles. The van der Waals surface area contributed by atoms with Crippen molar-refractivity contribution in [1.29, 1.82) is 5.41 Å². The molecule has 0 aliphatic heterocycles. The van der Waals surface area contributed by atoms with Crippen LogP contribution in [0.5, 0.6) is 0 Å². The van der Waals surface area contributed by atoms with Crippen LogP contribution in [-0.2, 0) is 0 Å². The number of hydrazone groups is 1. The number of nitrogens with two attached hydrogens (primary N) is 1. The van der Waals surface area contributed by atoms with Crippen LogP contribution in [0.25, 0.3) is 0 Å². The third-order valence-electron chi connectivity index (χ3n) is 1.53. The van der Waals surface area contributed by atoms with Crippen molar-refractivity contribution < 1.29 is 0 Å². The Bertz CT molecular complexity index is 305. The van der Waals surface area contributed by atoms with Crippen LogP contribution < -0.4 is 5.73 Å². The standard InChI is InChI=1S/C9H12N4/c1-13(9(10)11)12-7-8-5-3-2-4-6-8/h2-7H,1H3,(H3,10,11)/b12-7+. The second kappa shape index (κ2) is 4.25. The molecular weight excluding hydrogens is 164 g/mol. The zero-order chi connectivity index (χ0) is 9.68. The van der Waals surface area contributed by atoms with Gasteiger partial charge in [-0.15, -0.1) is 0 Å². The summed E-state index contributed by atoms with van der Waals surface area (Å²) >= 11 is 0.